The first-order valence-corrected chi connectivity index (χ1v) is 6.48. The third kappa shape index (κ3) is 3.46. The second kappa shape index (κ2) is 6.86. The molecule has 0 radical (unpaired) electrons. The summed E-state index contributed by atoms with van der Waals surface area (Å²) in [4.78, 5) is 12.1. The quantitative estimate of drug-likeness (QED) is 0.563. The summed E-state index contributed by atoms with van der Waals surface area (Å²) in [5.41, 5.74) is 5.14. The van der Waals surface area contributed by atoms with E-state index in [1.54, 1.807) is 0 Å². The molecular formula is C12H25N3O. The standard InChI is InChI=1S/C12H25N3O/c1-2-6-12(7-5-10-15-12)11(16)14-9-4-3-8-13/h15H,2-10,13H2,1H3,(H,14,16). The fourth-order valence-electron chi connectivity index (χ4n) is 2.39. The molecule has 4 heteroatoms. The Bertz CT molecular complexity index is 212. The van der Waals surface area contributed by atoms with Gasteiger partial charge in [-0.05, 0) is 45.2 Å². The van der Waals surface area contributed by atoms with Crippen molar-refractivity contribution in [2.24, 2.45) is 5.73 Å². The van der Waals surface area contributed by atoms with Gasteiger partial charge in [-0.2, -0.15) is 0 Å². The molecule has 0 spiro atoms. The van der Waals surface area contributed by atoms with E-state index < -0.39 is 0 Å². The van der Waals surface area contributed by atoms with Crippen molar-refractivity contribution in [1.82, 2.24) is 10.6 Å². The summed E-state index contributed by atoms with van der Waals surface area (Å²) in [5.74, 6) is 0.184. The Hall–Kier alpha value is -0.610. The van der Waals surface area contributed by atoms with Crippen molar-refractivity contribution in [3.05, 3.63) is 0 Å². The van der Waals surface area contributed by atoms with Crippen LogP contribution in [0.1, 0.15) is 45.4 Å². The Morgan fingerprint density at radius 2 is 2.31 bits per heavy atom. The predicted octanol–water partition coefficient (Wildman–Crippen LogP) is 0.764. The molecule has 0 aromatic carbocycles. The van der Waals surface area contributed by atoms with Crippen LogP contribution in [0.25, 0.3) is 0 Å². The number of amides is 1. The van der Waals surface area contributed by atoms with Crippen LogP contribution < -0.4 is 16.4 Å². The van der Waals surface area contributed by atoms with E-state index in [4.69, 9.17) is 5.73 Å². The highest BCUT2D eigenvalue weighted by Crippen LogP contribution is 2.24. The zero-order valence-electron chi connectivity index (χ0n) is 10.3. The van der Waals surface area contributed by atoms with Crippen LogP contribution >= 0.6 is 0 Å². The lowest BCUT2D eigenvalue weighted by molar-refractivity contribution is -0.127. The predicted molar refractivity (Wildman–Crippen MR) is 66.2 cm³/mol. The first-order chi connectivity index (χ1) is 7.75. The lowest BCUT2D eigenvalue weighted by atomic mass is 9.91. The molecular weight excluding hydrogens is 202 g/mol. The molecule has 0 aliphatic carbocycles. The van der Waals surface area contributed by atoms with Crippen LogP contribution in [0.4, 0.5) is 0 Å². The monoisotopic (exact) mass is 227 g/mol. The first kappa shape index (κ1) is 13.5. The summed E-state index contributed by atoms with van der Waals surface area (Å²) in [7, 11) is 0. The number of rotatable bonds is 7. The molecule has 1 unspecified atom stereocenters. The minimum Gasteiger partial charge on any atom is -0.354 e. The fraction of sp³-hybridized carbons (Fsp3) is 0.917. The van der Waals surface area contributed by atoms with Crippen molar-refractivity contribution in [3.8, 4) is 0 Å². The highest BCUT2D eigenvalue weighted by atomic mass is 16.2. The van der Waals surface area contributed by atoms with Crippen molar-refractivity contribution in [2.75, 3.05) is 19.6 Å². The third-order valence-electron chi connectivity index (χ3n) is 3.27. The Kier molecular flexibility index (Phi) is 5.77. The van der Waals surface area contributed by atoms with Gasteiger partial charge in [-0.3, -0.25) is 4.79 Å². The lowest BCUT2D eigenvalue weighted by Gasteiger charge is -2.27. The number of carbonyl (C=O) groups is 1. The second-order valence-corrected chi connectivity index (χ2v) is 4.61. The smallest absolute Gasteiger partial charge is 0.240 e. The number of carbonyl (C=O) groups excluding carboxylic acids is 1. The Morgan fingerprint density at radius 1 is 1.50 bits per heavy atom. The fourth-order valence-corrected chi connectivity index (χ4v) is 2.39. The van der Waals surface area contributed by atoms with Gasteiger partial charge < -0.3 is 16.4 Å². The Morgan fingerprint density at radius 3 is 2.88 bits per heavy atom. The van der Waals surface area contributed by atoms with Crippen molar-refractivity contribution in [2.45, 2.75) is 51.0 Å². The van der Waals surface area contributed by atoms with Crippen molar-refractivity contribution in [3.63, 3.8) is 0 Å². The normalized spacial score (nSPS) is 24.6. The summed E-state index contributed by atoms with van der Waals surface area (Å²) in [6.07, 6.45) is 6.03. The molecule has 1 fully saturated rings. The van der Waals surface area contributed by atoms with Crippen molar-refractivity contribution >= 4 is 5.91 Å². The minimum atomic E-state index is -0.280. The van der Waals surface area contributed by atoms with Gasteiger partial charge in [0.15, 0.2) is 0 Å². The van der Waals surface area contributed by atoms with Gasteiger partial charge in [-0.25, -0.2) is 0 Å². The average Bonchev–Trinajstić information content (AvgIpc) is 2.74. The molecule has 0 saturated carbocycles. The number of hydrogen-bond donors (Lipinski definition) is 3. The molecule has 1 atom stereocenters. The summed E-state index contributed by atoms with van der Waals surface area (Å²) < 4.78 is 0. The lowest BCUT2D eigenvalue weighted by Crippen LogP contribution is -2.53. The van der Waals surface area contributed by atoms with Crippen molar-refractivity contribution in [1.29, 1.82) is 0 Å². The molecule has 1 aliphatic heterocycles. The topological polar surface area (TPSA) is 67.2 Å². The van der Waals surface area contributed by atoms with Gasteiger partial charge in [0.25, 0.3) is 0 Å². The highest BCUT2D eigenvalue weighted by molar-refractivity contribution is 5.86. The van der Waals surface area contributed by atoms with Crippen LogP contribution in [0.5, 0.6) is 0 Å². The molecule has 0 aromatic heterocycles. The second-order valence-electron chi connectivity index (χ2n) is 4.61. The maximum absolute atomic E-state index is 12.1. The largest absolute Gasteiger partial charge is 0.354 e. The molecule has 94 valence electrons. The molecule has 4 N–H and O–H groups in total. The van der Waals surface area contributed by atoms with Crippen LogP contribution in [-0.4, -0.2) is 31.1 Å². The molecule has 1 amide bonds. The maximum atomic E-state index is 12.1. The first-order valence-electron chi connectivity index (χ1n) is 6.48. The van der Waals surface area contributed by atoms with Crippen LogP contribution in [0.2, 0.25) is 0 Å². The highest BCUT2D eigenvalue weighted by Gasteiger charge is 2.39. The van der Waals surface area contributed by atoms with E-state index in [1.165, 1.54) is 0 Å². The van der Waals surface area contributed by atoms with Gasteiger partial charge in [0, 0.05) is 6.54 Å². The van der Waals surface area contributed by atoms with Crippen LogP contribution in [0, 0.1) is 0 Å². The van der Waals surface area contributed by atoms with Gasteiger partial charge in [-0.15, -0.1) is 0 Å². The molecule has 1 aliphatic rings. The Labute approximate surface area is 98.3 Å². The summed E-state index contributed by atoms with van der Waals surface area (Å²) in [6.45, 7) is 4.55. The van der Waals surface area contributed by atoms with Crippen molar-refractivity contribution < 1.29 is 4.79 Å². The van der Waals surface area contributed by atoms with Gasteiger partial charge in [-0.1, -0.05) is 13.3 Å². The molecule has 1 heterocycles. The number of nitrogens with one attached hydrogen (secondary N) is 2. The van der Waals surface area contributed by atoms with Gasteiger partial charge in [0.2, 0.25) is 5.91 Å². The van der Waals surface area contributed by atoms with E-state index in [0.29, 0.717) is 6.54 Å². The maximum Gasteiger partial charge on any atom is 0.240 e. The van der Waals surface area contributed by atoms with E-state index in [-0.39, 0.29) is 11.4 Å². The minimum absolute atomic E-state index is 0.184. The summed E-state index contributed by atoms with van der Waals surface area (Å²) in [6, 6.07) is 0. The van der Waals surface area contributed by atoms with Crippen LogP contribution in [-0.2, 0) is 4.79 Å². The van der Waals surface area contributed by atoms with E-state index >= 15 is 0 Å². The molecule has 0 bridgehead atoms. The summed E-state index contributed by atoms with van der Waals surface area (Å²) in [5, 5.41) is 6.40. The Balaban J connectivity index is 2.36. The van der Waals surface area contributed by atoms with Gasteiger partial charge in [0.1, 0.15) is 0 Å². The zero-order chi connectivity index (χ0) is 11.9. The molecule has 1 saturated heterocycles. The van der Waals surface area contributed by atoms with E-state index in [9.17, 15) is 4.79 Å². The number of unbranched alkanes of at least 4 members (excludes halogenated alkanes) is 1. The SMILES string of the molecule is CCCC1(C(=O)NCCCCN)CCCN1. The number of hydrogen-bond acceptors (Lipinski definition) is 3. The zero-order valence-corrected chi connectivity index (χ0v) is 10.3. The molecule has 0 aromatic rings. The summed E-state index contributed by atoms with van der Waals surface area (Å²) >= 11 is 0. The van der Waals surface area contributed by atoms with Crippen LogP contribution in [0.15, 0.2) is 0 Å². The number of nitrogens with two attached hydrogens (primary N) is 1. The van der Waals surface area contributed by atoms with E-state index in [0.717, 1.165) is 51.6 Å². The average molecular weight is 227 g/mol. The molecule has 4 nitrogen and oxygen atoms in total. The molecule has 16 heavy (non-hydrogen) atoms. The van der Waals surface area contributed by atoms with Gasteiger partial charge >= 0.3 is 0 Å². The van der Waals surface area contributed by atoms with E-state index in [2.05, 4.69) is 17.6 Å². The van der Waals surface area contributed by atoms with E-state index in [1.807, 2.05) is 0 Å². The van der Waals surface area contributed by atoms with Gasteiger partial charge in [0.05, 0.1) is 5.54 Å². The van der Waals surface area contributed by atoms with Crippen LogP contribution in [0.3, 0.4) is 0 Å². The molecule has 1 rings (SSSR count). The third-order valence-corrected chi connectivity index (χ3v) is 3.27.